The summed E-state index contributed by atoms with van der Waals surface area (Å²) >= 11 is 1.56. The molecule has 0 saturated heterocycles. The third-order valence-electron chi connectivity index (χ3n) is 1.89. The molecule has 6 heteroatoms. The van der Waals surface area contributed by atoms with Gasteiger partial charge in [-0.15, -0.1) is 11.8 Å². The second-order valence-electron chi connectivity index (χ2n) is 3.22. The Morgan fingerprint density at radius 2 is 1.72 bits per heavy atom. The van der Waals surface area contributed by atoms with Gasteiger partial charge in [-0.25, -0.2) is 9.97 Å². The van der Waals surface area contributed by atoms with Crippen molar-refractivity contribution in [2.75, 3.05) is 12.4 Å². The van der Waals surface area contributed by atoms with Crippen molar-refractivity contribution in [3.8, 4) is 0 Å². The summed E-state index contributed by atoms with van der Waals surface area (Å²) in [5, 5.41) is 11.6. The SMILES string of the molecule is OCCSc1cccc(SSc2ccccn2)n1. The number of thioether (sulfide) groups is 1. The van der Waals surface area contributed by atoms with Crippen LogP contribution in [0.2, 0.25) is 0 Å². The predicted molar refractivity (Wildman–Crippen MR) is 78.0 cm³/mol. The van der Waals surface area contributed by atoms with Crippen LogP contribution in [0, 0.1) is 0 Å². The van der Waals surface area contributed by atoms with Crippen LogP contribution in [0.5, 0.6) is 0 Å². The van der Waals surface area contributed by atoms with Crippen LogP contribution >= 0.6 is 33.3 Å². The van der Waals surface area contributed by atoms with Gasteiger partial charge in [-0.05, 0) is 45.9 Å². The molecule has 0 amide bonds. The van der Waals surface area contributed by atoms with E-state index in [2.05, 4.69) is 9.97 Å². The Hall–Kier alpha value is -0.690. The Morgan fingerprint density at radius 3 is 2.50 bits per heavy atom. The van der Waals surface area contributed by atoms with Gasteiger partial charge in [-0.2, -0.15) is 0 Å². The van der Waals surface area contributed by atoms with Gasteiger partial charge in [0.15, 0.2) is 0 Å². The van der Waals surface area contributed by atoms with Crippen LogP contribution in [-0.4, -0.2) is 27.4 Å². The molecule has 0 aliphatic rings. The fraction of sp³-hybridized carbons (Fsp3) is 0.167. The lowest BCUT2D eigenvalue weighted by Gasteiger charge is -2.02. The number of hydrogen-bond donors (Lipinski definition) is 1. The third-order valence-corrected chi connectivity index (χ3v) is 4.97. The van der Waals surface area contributed by atoms with Crippen molar-refractivity contribution in [2.45, 2.75) is 15.1 Å². The van der Waals surface area contributed by atoms with Crippen LogP contribution in [0.1, 0.15) is 0 Å². The highest BCUT2D eigenvalue weighted by atomic mass is 33.1. The fourth-order valence-electron chi connectivity index (χ4n) is 1.15. The first-order chi connectivity index (χ1) is 8.88. The maximum atomic E-state index is 8.78. The maximum absolute atomic E-state index is 8.78. The third kappa shape index (κ3) is 4.53. The normalized spacial score (nSPS) is 10.5. The van der Waals surface area contributed by atoms with Crippen LogP contribution in [0.15, 0.2) is 57.7 Å². The zero-order valence-electron chi connectivity index (χ0n) is 9.52. The first-order valence-corrected chi connectivity index (χ1v) is 8.48. The van der Waals surface area contributed by atoms with E-state index in [-0.39, 0.29) is 6.61 Å². The molecule has 0 unspecified atom stereocenters. The van der Waals surface area contributed by atoms with Crippen molar-refractivity contribution in [1.29, 1.82) is 0 Å². The molecule has 3 nitrogen and oxygen atoms in total. The number of aromatic nitrogens is 2. The molecule has 0 aliphatic carbocycles. The van der Waals surface area contributed by atoms with E-state index in [9.17, 15) is 0 Å². The van der Waals surface area contributed by atoms with E-state index in [1.807, 2.05) is 36.4 Å². The molecule has 18 heavy (non-hydrogen) atoms. The Morgan fingerprint density at radius 1 is 0.944 bits per heavy atom. The summed E-state index contributed by atoms with van der Waals surface area (Å²) in [6.45, 7) is 0.173. The molecule has 0 bridgehead atoms. The number of aliphatic hydroxyl groups excluding tert-OH is 1. The van der Waals surface area contributed by atoms with Gasteiger partial charge in [0.25, 0.3) is 0 Å². The van der Waals surface area contributed by atoms with Crippen molar-refractivity contribution in [3.05, 3.63) is 42.6 Å². The summed E-state index contributed by atoms with van der Waals surface area (Å²) in [6, 6.07) is 11.8. The fourth-order valence-corrected chi connectivity index (χ4v) is 3.62. The molecule has 0 radical (unpaired) electrons. The van der Waals surface area contributed by atoms with E-state index in [0.29, 0.717) is 5.75 Å². The molecule has 1 N–H and O–H groups in total. The lowest BCUT2D eigenvalue weighted by atomic mass is 10.5. The summed E-state index contributed by atoms with van der Waals surface area (Å²) in [7, 11) is 3.18. The molecular weight excluding hydrogens is 284 g/mol. The topological polar surface area (TPSA) is 46.0 Å². The minimum absolute atomic E-state index is 0.173. The predicted octanol–water partition coefficient (Wildman–Crippen LogP) is 3.36. The van der Waals surface area contributed by atoms with Crippen molar-refractivity contribution in [1.82, 2.24) is 9.97 Å². The number of hydrogen-bond acceptors (Lipinski definition) is 6. The van der Waals surface area contributed by atoms with E-state index >= 15 is 0 Å². The summed E-state index contributed by atoms with van der Waals surface area (Å²) < 4.78 is 0. The lowest BCUT2D eigenvalue weighted by molar-refractivity contribution is 0.322. The minimum Gasteiger partial charge on any atom is -0.396 e. The van der Waals surface area contributed by atoms with Gasteiger partial charge in [-0.3, -0.25) is 0 Å². The van der Waals surface area contributed by atoms with Crippen LogP contribution in [0.4, 0.5) is 0 Å². The zero-order valence-corrected chi connectivity index (χ0v) is 12.0. The zero-order chi connectivity index (χ0) is 12.6. The van der Waals surface area contributed by atoms with Gasteiger partial charge in [0.2, 0.25) is 0 Å². The number of rotatable bonds is 6. The first-order valence-electron chi connectivity index (χ1n) is 5.35. The van der Waals surface area contributed by atoms with Gasteiger partial charge >= 0.3 is 0 Å². The summed E-state index contributed by atoms with van der Waals surface area (Å²) in [5.41, 5.74) is 0. The Labute approximate surface area is 118 Å². The van der Waals surface area contributed by atoms with Crippen molar-refractivity contribution in [3.63, 3.8) is 0 Å². The summed E-state index contributed by atoms with van der Waals surface area (Å²) in [6.07, 6.45) is 1.78. The molecule has 0 spiro atoms. The lowest BCUT2D eigenvalue weighted by Crippen LogP contribution is -1.88. The molecule has 2 aromatic heterocycles. The molecular formula is C12H12N2OS3. The van der Waals surface area contributed by atoms with E-state index in [1.165, 1.54) is 0 Å². The highest BCUT2D eigenvalue weighted by molar-refractivity contribution is 8.76. The molecule has 0 atom stereocenters. The minimum atomic E-state index is 0.173. The Balaban J connectivity index is 1.93. The van der Waals surface area contributed by atoms with E-state index in [0.717, 1.165) is 15.1 Å². The van der Waals surface area contributed by atoms with Crippen LogP contribution in [-0.2, 0) is 0 Å². The number of aliphatic hydroxyl groups is 1. The molecule has 0 saturated carbocycles. The molecule has 0 aromatic carbocycles. The van der Waals surface area contributed by atoms with Crippen LogP contribution in [0.25, 0.3) is 0 Å². The Bertz CT molecular complexity index is 482. The number of pyridine rings is 2. The first kappa shape index (κ1) is 13.7. The van der Waals surface area contributed by atoms with E-state index in [4.69, 9.17) is 5.11 Å². The van der Waals surface area contributed by atoms with Gasteiger partial charge < -0.3 is 5.11 Å². The second-order valence-corrected chi connectivity index (χ2v) is 6.51. The maximum Gasteiger partial charge on any atom is 0.108 e. The van der Waals surface area contributed by atoms with Crippen molar-refractivity contribution >= 4 is 33.3 Å². The summed E-state index contributed by atoms with van der Waals surface area (Å²) in [4.78, 5) is 8.73. The number of nitrogens with zero attached hydrogens (tertiary/aromatic N) is 2. The van der Waals surface area contributed by atoms with Gasteiger partial charge in [0, 0.05) is 11.9 Å². The average molecular weight is 296 g/mol. The molecule has 2 aromatic rings. The van der Waals surface area contributed by atoms with Crippen molar-refractivity contribution < 1.29 is 5.11 Å². The monoisotopic (exact) mass is 296 g/mol. The summed E-state index contributed by atoms with van der Waals surface area (Å²) in [5.74, 6) is 0.675. The van der Waals surface area contributed by atoms with Crippen LogP contribution < -0.4 is 0 Å². The standard InChI is InChI=1S/C12H12N2OS3/c15-8-9-16-11-5-3-6-12(14-11)18-17-10-4-1-2-7-13-10/h1-7,15H,8-9H2. The highest BCUT2D eigenvalue weighted by Crippen LogP contribution is 2.35. The van der Waals surface area contributed by atoms with Crippen molar-refractivity contribution in [2.24, 2.45) is 0 Å². The second kappa shape index (κ2) is 7.68. The molecule has 0 fully saturated rings. The Kier molecular flexibility index (Phi) is 5.86. The van der Waals surface area contributed by atoms with Gasteiger partial charge in [-0.1, -0.05) is 12.1 Å². The van der Waals surface area contributed by atoms with Gasteiger partial charge in [0.1, 0.15) is 10.1 Å². The molecule has 0 aliphatic heterocycles. The average Bonchev–Trinajstić information content (AvgIpc) is 2.44. The largest absolute Gasteiger partial charge is 0.396 e. The van der Waals surface area contributed by atoms with E-state index in [1.54, 1.807) is 39.5 Å². The quantitative estimate of drug-likeness (QED) is 0.651. The molecule has 94 valence electrons. The molecule has 2 rings (SSSR count). The highest BCUT2D eigenvalue weighted by Gasteiger charge is 2.01. The molecule has 2 heterocycles. The van der Waals surface area contributed by atoms with Gasteiger partial charge in [0.05, 0.1) is 11.6 Å². The smallest absolute Gasteiger partial charge is 0.108 e. The van der Waals surface area contributed by atoms with E-state index < -0.39 is 0 Å². The van der Waals surface area contributed by atoms with Crippen LogP contribution in [0.3, 0.4) is 0 Å².